The highest BCUT2D eigenvalue weighted by Gasteiger charge is 2.33. The van der Waals surface area contributed by atoms with Crippen molar-refractivity contribution >= 4 is 17.2 Å². The first-order valence-corrected chi connectivity index (χ1v) is 6.35. The number of thiazole rings is 1. The van der Waals surface area contributed by atoms with Gasteiger partial charge >= 0.3 is 6.18 Å². The first-order valence-electron chi connectivity index (χ1n) is 5.47. The Morgan fingerprint density at radius 3 is 2.78 bits per heavy atom. The predicted molar refractivity (Wildman–Crippen MR) is 60.2 cm³/mol. The van der Waals surface area contributed by atoms with Crippen molar-refractivity contribution in [2.24, 2.45) is 5.92 Å². The summed E-state index contributed by atoms with van der Waals surface area (Å²) in [5.41, 5.74) is -0.864. The summed E-state index contributed by atoms with van der Waals surface area (Å²) in [6.07, 6.45) is -4.07. The van der Waals surface area contributed by atoms with Crippen molar-refractivity contribution in [2.45, 2.75) is 12.6 Å². The Labute approximate surface area is 106 Å². The SMILES string of the molecule is O=C(NCCc1nc(C(F)(F)F)cs1)C1CNC1. The van der Waals surface area contributed by atoms with Crippen molar-refractivity contribution in [3.63, 3.8) is 0 Å². The van der Waals surface area contributed by atoms with Crippen molar-refractivity contribution in [1.82, 2.24) is 15.6 Å². The van der Waals surface area contributed by atoms with Gasteiger partial charge in [0.2, 0.25) is 5.91 Å². The van der Waals surface area contributed by atoms with Gasteiger partial charge in [-0.15, -0.1) is 11.3 Å². The summed E-state index contributed by atoms with van der Waals surface area (Å²) in [4.78, 5) is 14.9. The molecule has 1 aromatic heterocycles. The van der Waals surface area contributed by atoms with Gasteiger partial charge in [-0.3, -0.25) is 4.79 Å². The highest BCUT2D eigenvalue weighted by Crippen LogP contribution is 2.29. The van der Waals surface area contributed by atoms with Gasteiger partial charge in [0.15, 0.2) is 5.69 Å². The van der Waals surface area contributed by atoms with E-state index in [0.717, 1.165) is 16.7 Å². The second-order valence-electron chi connectivity index (χ2n) is 4.02. The second-order valence-corrected chi connectivity index (χ2v) is 4.96. The number of aromatic nitrogens is 1. The van der Waals surface area contributed by atoms with E-state index in [9.17, 15) is 18.0 Å². The fourth-order valence-corrected chi connectivity index (χ4v) is 2.27. The lowest BCUT2D eigenvalue weighted by molar-refractivity contribution is -0.140. The third-order valence-corrected chi connectivity index (χ3v) is 3.54. The van der Waals surface area contributed by atoms with E-state index in [2.05, 4.69) is 15.6 Å². The molecule has 0 radical (unpaired) electrons. The van der Waals surface area contributed by atoms with Gasteiger partial charge in [-0.25, -0.2) is 4.98 Å². The molecule has 1 amide bonds. The van der Waals surface area contributed by atoms with Crippen molar-refractivity contribution in [1.29, 1.82) is 0 Å². The Balaban J connectivity index is 1.76. The van der Waals surface area contributed by atoms with Crippen LogP contribution in [-0.4, -0.2) is 30.5 Å². The van der Waals surface area contributed by atoms with E-state index in [1.54, 1.807) is 0 Å². The Bertz CT molecular complexity index is 428. The average Bonchev–Trinajstić information content (AvgIpc) is 2.62. The molecule has 8 heteroatoms. The van der Waals surface area contributed by atoms with Gasteiger partial charge in [0.1, 0.15) is 0 Å². The minimum atomic E-state index is -4.39. The second kappa shape index (κ2) is 5.23. The molecule has 0 spiro atoms. The summed E-state index contributed by atoms with van der Waals surface area (Å²) in [6, 6.07) is 0. The Morgan fingerprint density at radius 1 is 1.56 bits per heavy atom. The standard InChI is InChI=1S/C10H12F3N3OS/c11-10(12,13)7-5-18-8(16-7)1-2-15-9(17)6-3-14-4-6/h5-6,14H,1-4H2,(H,15,17). The van der Waals surface area contributed by atoms with Crippen molar-refractivity contribution < 1.29 is 18.0 Å². The van der Waals surface area contributed by atoms with Crippen LogP contribution in [0.25, 0.3) is 0 Å². The quantitative estimate of drug-likeness (QED) is 0.866. The van der Waals surface area contributed by atoms with Crippen LogP contribution in [0.1, 0.15) is 10.7 Å². The highest BCUT2D eigenvalue weighted by molar-refractivity contribution is 7.09. The van der Waals surface area contributed by atoms with Gasteiger partial charge in [0.05, 0.1) is 10.9 Å². The molecule has 2 N–H and O–H groups in total. The molecule has 0 atom stereocenters. The molecule has 4 nitrogen and oxygen atoms in total. The molecule has 2 rings (SSSR count). The minimum absolute atomic E-state index is 0.00738. The summed E-state index contributed by atoms with van der Waals surface area (Å²) in [5.74, 6) is -0.0617. The molecule has 1 saturated heterocycles. The van der Waals surface area contributed by atoms with Crippen LogP contribution in [0.5, 0.6) is 0 Å². The number of nitrogens with one attached hydrogen (secondary N) is 2. The summed E-state index contributed by atoms with van der Waals surface area (Å²) in [5, 5.41) is 7.04. The summed E-state index contributed by atoms with van der Waals surface area (Å²) in [6.45, 7) is 1.66. The van der Waals surface area contributed by atoms with Crippen LogP contribution in [-0.2, 0) is 17.4 Å². The summed E-state index contributed by atoms with van der Waals surface area (Å²) < 4.78 is 36.8. The normalized spacial score (nSPS) is 16.4. The first-order chi connectivity index (χ1) is 8.47. The van der Waals surface area contributed by atoms with Gasteiger partial charge in [-0.1, -0.05) is 0 Å². The number of alkyl halides is 3. The molecule has 0 unspecified atom stereocenters. The van der Waals surface area contributed by atoms with Crippen LogP contribution in [0.3, 0.4) is 0 Å². The Hall–Kier alpha value is -1.15. The van der Waals surface area contributed by atoms with Crippen LogP contribution in [0.15, 0.2) is 5.38 Å². The van der Waals surface area contributed by atoms with Crippen LogP contribution in [0.4, 0.5) is 13.2 Å². The van der Waals surface area contributed by atoms with E-state index in [4.69, 9.17) is 0 Å². The number of carbonyl (C=O) groups is 1. The lowest BCUT2D eigenvalue weighted by atomic mass is 10.0. The third-order valence-electron chi connectivity index (χ3n) is 2.63. The zero-order valence-electron chi connectivity index (χ0n) is 9.38. The molecular formula is C10H12F3N3OS. The van der Waals surface area contributed by atoms with E-state index < -0.39 is 11.9 Å². The molecule has 0 saturated carbocycles. The predicted octanol–water partition coefficient (Wildman–Crippen LogP) is 1.04. The number of hydrogen-bond donors (Lipinski definition) is 2. The van der Waals surface area contributed by atoms with Crippen molar-refractivity contribution in [2.75, 3.05) is 19.6 Å². The highest BCUT2D eigenvalue weighted by atomic mass is 32.1. The van der Waals surface area contributed by atoms with E-state index in [1.165, 1.54) is 0 Å². The number of nitrogens with zero attached hydrogens (tertiary/aromatic N) is 1. The average molecular weight is 279 g/mol. The third kappa shape index (κ3) is 3.20. The Kier molecular flexibility index (Phi) is 3.86. The molecule has 1 aliphatic rings. The Morgan fingerprint density at radius 2 is 2.28 bits per heavy atom. The van der Waals surface area contributed by atoms with E-state index in [0.29, 0.717) is 31.1 Å². The lowest BCUT2D eigenvalue weighted by Gasteiger charge is -2.25. The molecule has 1 aromatic rings. The van der Waals surface area contributed by atoms with E-state index in [1.807, 2.05) is 0 Å². The molecule has 1 fully saturated rings. The largest absolute Gasteiger partial charge is 0.434 e. The fourth-order valence-electron chi connectivity index (χ4n) is 1.47. The number of hydrogen-bond acceptors (Lipinski definition) is 4. The maximum Gasteiger partial charge on any atom is 0.434 e. The first kappa shape index (κ1) is 13.3. The molecule has 0 bridgehead atoms. The molecule has 0 aromatic carbocycles. The summed E-state index contributed by atoms with van der Waals surface area (Å²) >= 11 is 0.961. The maximum atomic E-state index is 12.3. The zero-order valence-corrected chi connectivity index (χ0v) is 10.2. The van der Waals surface area contributed by atoms with Gasteiger partial charge in [0, 0.05) is 31.4 Å². The van der Waals surface area contributed by atoms with E-state index in [-0.39, 0.29) is 11.8 Å². The molecule has 2 heterocycles. The van der Waals surface area contributed by atoms with Gasteiger partial charge in [0.25, 0.3) is 0 Å². The van der Waals surface area contributed by atoms with Crippen LogP contribution < -0.4 is 10.6 Å². The number of rotatable bonds is 4. The van der Waals surface area contributed by atoms with Crippen LogP contribution in [0.2, 0.25) is 0 Å². The maximum absolute atomic E-state index is 12.3. The minimum Gasteiger partial charge on any atom is -0.355 e. The van der Waals surface area contributed by atoms with Crippen LogP contribution >= 0.6 is 11.3 Å². The molecule has 18 heavy (non-hydrogen) atoms. The number of halogens is 3. The topological polar surface area (TPSA) is 54.0 Å². The van der Waals surface area contributed by atoms with Gasteiger partial charge in [-0.05, 0) is 0 Å². The molecule has 100 valence electrons. The number of amides is 1. The monoisotopic (exact) mass is 279 g/mol. The molecule has 1 aliphatic heterocycles. The van der Waals surface area contributed by atoms with Crippen molar-refractivity contribution in [3.8, 4) is 0 Å². The van der Waals surface area contributed by atoms with Gasteiger partial charge < -0.3 is 10.6 Å². The van der Waals surface area contributed by atoms with Crippen LogP contribution in [0, 0.1) is 5.92 Å². The smallest absolute Gasteiger partial charge is 0.355 e. The molecular weight excluding hydrogens is 267 g/mol. The zero-order chi connectivity index (χ0) is 13.2. The summed E-state index contributed by atoms with van der Waals surface area (Å²) in [7, 11) is 0. The number of carbonyl (C=O) groups excluding carboxylic acids is 1. The fraction of sp³-hybridized carbons (Fsp3) is 0.600. The van der Waals surface area contributed by atoms with Gasteiger partial charge in [-0.2, -0.15) is 13.2 Å². The van der Waals surface area contributed by atoms with Crippen molar-refractivity contribution in [3.05, 3.63) is 16.1 Å². The molecule has 0 aliphatic carbocycles. The lowest BCUT2D eigenvalue weighted by Crippen LogP contribution is -2.51. The van der Waals surface area contributed by atoms with E-state index >= 15 is 0 Å².